The molecule has 1 aromatic heterocycles. The number of halogens is 1. The zero-order valence-corrected chi connectivity index (χ0v) is 18.4. The molecule has 1 amide bonds. The Morgan fingerprint density at radius 1 is 1.17 bits per heavy atom. The number of rotatable bonds is 5. The van der Waals surface area contributed by atoms with Crippen molar-refractivity contribution < 1.29 is 9.53 Å². The van der Waals surface area contributed by atoms with Crippen molar-refractivity contribution in [1.29, 1.82) is 0 Å². The Hall–Kier alpha value is -2.51. The summed E-state index contributed by atoms with van der Waals surface area (Å²) in [7, 11) is 0. The molecule has 0 atom stereocenters. The van der Waals surface area contributed by atoms with Crippen LogP contribution in [0.15, 0.2) is 57.8 Å². The fourth-order valence-electron chi connectivity index (χ4n) is 4.14. The third-order valence-corrected chi connectivity index (χ3v) is 6.35. The van der Waals surface area contributed by atoms with E-state index in [9.17, 15) is 9.59 Å². The Kier molecular flexibility index (Phi) is 6.01. The normalized spacial score (nSPS) is 15.8. The minimum atomic E-state index is -0.633. The first-order chi connectivity index (χ1) is 14.5. The summed E-state index contributed by atoms with van der Waals surface area (Å²) in [5.41, 5.74) is 0.810. The number of amides is 1. The van der Waals surface area contributed by atoms with Crippen LogP contribution in [0.5, 0.6) is 0 Å². The minimum Gasteiger partial charge on any atom is -0.381 e. The van der Waals surface area contributed by atoms with Gasteiger partial charge in [-0.25, -0.2) is 4.98 Å². The molecular formula is C23H24BrN3O3. The van der Waals surface area contributed by atoms with Gasteiger partial charge in [0.25, 0.3) is 5.56 Å². The molecule has 1 N–H and O–H groups in total. The van der Waals surface area contributed by atoms with Gasteiger partial charge in [-0.15, -0.1) is 0 Å². The second kappa shape index (κ2) is 8.70. The molecule has 7 heteroatoms. The predicted octanol–water partition coefficient (Wildman–Crippen LogP) is 3.78. The Morgan fingerprint density at radius 3 is 2.57 bits per heavy atom. The highest BCUT2D eigenvalue weighted by molar-refractivity contribution is 9.10. The summed E-state index contributed by atoms with van der Waals surface area (Å²) >= 11 is 3.48. The molecule has 2 heterocycles. The van der Waals surface area contributed by atoms with Gasteiger partial charge in [0.2, 0.25) is 5.91 Å². The molecule has 30 heavy (non-hydrogen) atoms. The summed E-state index contributed by atoms with van der Waals surface area (Å²) < 4.78 is 6.55. The Balaban J connectivity index is 1.68. The summed E-state index contributed by atoms with van der Waals surface area (Å²) in [5.74, 6) is 0.540. The molecule has 0 bridgehead atoms. The number of carbonyl (C=O) groups excluding carboxylic acids is 1. The number of likely N-dealkylation sites (N-methyl/N-ethyl adjacent to an activating group) is 1. The van der Waals surface area contributed by atoms with Crippen LogP contribution in [0.2, 0.25) is 0 Å². The fraction of sp³-hybridized carbons (Fsp3) is 0.348. The number of ether oxygens (including phenoxy) is 1. The summed E-state index contributed by atoms with van der Waals surface area (Å²) in [5, 5.41) is 0.548. The Labute approximate surface area is 183 Å². The number of H-pyrrole nitrogens is 1. The quantitative estimate of drug-likeness (QED) is 0.616. The van der Waals surface area contributed by atoms with Crippen molar-refractivity contribution in [3.63, 3.8) is 0 Å². The third kappa shape index (κ3) is 3.91. The van der Waals surface area contributed by atoms with E-state index in [1.807, 2.05) is 49.4 Å². The SMILES string of the molecule is CCN(Cc1nc2ccccc2c(=O)[nH]1)C(=O)C1(c2ccc(Br)cc2)CCOCC1. The molecule has 1 aliphatic heterocycles. The zero-order chi connectivity index (χ0) is 21.1. The first kappa shape index (κ1) is 20.8. The average Bonchev–Trinajstić information content (AvgIpc) is 2.78. The molecule has 0 spiro atoms. The van der Waals surface area contributed by atoms with Crippen molar-refractivity contribution >= 4 is 32.7 Å². The van der Waals surface area contributed by atoms with Crippen LogP contribution in [0.3, 0.4) is 0 Å². The van der Waals surface area contributed by atoms with Crippen LogP contribution in [0.1, 0.15) is 31.2 Å². The highest BCUT2D eigenvalue weighted by Gasteiger charge is 2.43. The van der Waals surface area contributed by atoms with Crippen LogP contribution in [0.25, 0.3) is 10.9 Å². The summed E-state index contributed by atoms with van der Waals surface area (Å²) in [6.45, 7) is 3.82. The van der Waals surface area contributed by atoms with Gasteiger partial charge in [0.15, 0.2) is 0 Å². The molecule has 6 nitrogen and oxygen atoms in total. The molecule has 2 aromatic carbocycles. The van der Waals surface area contributed by atoms with Crippen molar-refractivity contribution in [3.8, 4) is 0 Å². The van der Waals surface area contributed by atoms with Gasteiger partial charge < -0.3 is 14.6 Å². The molecule has 0 radical (unpaired) electrons. The number of benzene rings is 2. The molecule has 1 aliphatic rings. The van der Waals surface area contributed by atoms with Crippen LogP contribution in [-0.2, 0) is 21.5 Å². The lowest BCUT2D eigenvalue weighted by Crippen LogP contribution is -2.49. The number of nitrogens with zero attached hydrogens (tertiary/aromatic N) is 2. The van der Waals surface area contributed by atoms with E-state index >= 15 is 0 Å². The fourth-order valence-corrected chi connectivity index (χ4v) is 4.40. The van der Waals surface area contributed by atoms with Gasteiger partial charge in [-0.3, -0.25) is 9.59 Å². The number of hydrogen-bond acceptors (Lipinski definition) is 4. The monoisotopic (exact) mass is 469 g/mol. The first-order valence-corrected chi connectivity index (χ1v) is 10.9. The number of fused-ring (bicyclic) bond motifs is 1. The highest BCUT2D eigenvalue weighted by Crippen LogP contribution is 2.37. The predicted molar refractivity (Wildman–Crippen MR) is 119 cm³/mol. The number of aromatic nitrogens is 2. The Morgan fingerprint density at radius 2 is 1.87 bits per heavy atom. The van der Waals surface area contributed by atoms with Crippen molar-refractivity contribution in [3.05, 3.63) is 74.7 Å². The van der Waals surface area contributed by atoms with Crippen LogP contribution in [-0.4, -0.2) is 40.5 Å². The van der Waals surface area contributed by atoms with Gasteiger partial charge in [-0.2, -0.15) is 0 Å². The average molecular weight is 470 g/mol. The number of aromatic amines is 1. The maximum absolute atomic E-state index is 13.8. The minimum absolute atomic E-state index is 0.0476. The maximum Gasteiger partial charge on any atom is 0.258 e. The standard InChI is InChI=1S/C23H24BrN3O3/c1-2-27(15-20-25-19-6-4-3-5-18(19)21(28)26-20)22(29)23(11-13-30-14-12-23)16-7-9-17(24)10-8-16/h3-10H,2,11-15H2,1H3,(H,25,26,28). The van der Waals surface area contributed by atoms with E-state index in [0.29, 0.717) is 49.3 Å². The Bertz CT molecular complexity index is 1100. The number of nitrogens with one attached hydrogen (secondary N) is 1. The van der Waals surface area contributed by atoms with Gasteiger partial charge in [0, 0.05) is 24.2 Å². The molecule has 1 fully saturated rings. The van der Waals surface area contributed by atoms with Gasteiger partial charge in [0.1, 0.15) is 5.82 Å². The molecule has 0 unspecified atom stereocenters. The van der Waals surface area contributed by atoms with E-state index in [-0.39, 0.29) is 18.0 Å². The molecule has 1 saturated heterocycles. The van der Waals surface area contributed by atoms with Gasteiger partial charge >= 0.3 is 0 Å². The van der Waals surface area contributed by atoms with Crippen LogP contribution < -0.4 is 5.56 Å². The van der Waals surface area contributed by atoms with Crippen LogP contribution in [0, 0.1) is 0 Å². The number of para-hydroxylation sites is 1. The van der Waals surface area contributed by atoms with Crippen molar-refractivity contribution in [2.24, 2.45) is 0 Å². The van der Waals surface area contributed by atoms with E-state index < -0.39 is 5.41 Å². The number of hydrogen-bond donors (Lipinski definition) is 1. The lowest BCUT2D eigenvalue weighted by molar-refractivity contribution is -0.142. The van der Waals surface area contributed by atoms with Gasteiger partial charge in [-0.05, 0) is 49.6 Å². The van der Waals surface area contributed by atoms with Crippen LogP contribution >= 0.6 is 15.9 Å². The van der Waals surface area contributed by atoms with E-state index in [1.54, 1.807) is 11.0 Å². The molecule has 0 saturated carbocycles. The third-order valence-electron chi connectivity index (χ3n) is 5.82. The summed E-state index contributed by atoms with van der Waals surface area (Å²) in [6.07, 6.45) is 1.26. The van der Waals surface area contributed by atoms with Crippen molar-refractivity contribution in [2.45, 2.75) is 31.7 Å². The zero-order valence-electron chi connectivity index (χ0n) is 16.9. The van der Waals surface area contributed by atoms with Crippen molar-refractivity contribution in [2.75, 3.05) is 19.8 Å². The first-order valence-electron chi connectivity index (χ1n) is 10.1. The topological polar surface area (TPSA) is 75.3 Å². The molecule has 156 valence electrons. The highest BCUT2D eigenvalue weighted by atomic mass is 79.9. The van der Waals surface area contributed by atoms with E-state index in [0.717, 1.165) is 10.0 Å². The van der Waals surface area contributed by atoms with Gasteiger partial charge in [0.05, 0.1) is 22.9 Å². The molecule has 4 rings (SSSR count). The summed E-state index contributed by atoms with van der Waals surface area (Å²) in [6, 6.07) is 15.2. The second-order valence-electron chi connectivity index (χ2n) is 7.55. The van der Waals surface area contributed by atoms with E-state index in [1.165, 1.54) is 0 Å². The molecule has 0 aliphatic carbocycles. The largest absolute Gasteiger partial charge is 0.381 e. The lowest BCUT2D eigenvalue weighted by atomic mass is 9.73. The van der Waals surface area contributed by atoms with E-state index in [2.05, 4.69) is 25.9 Å². The molecular weight excluding hydrogens is 446 g/mol. The smallest absolute Gasteiger partial charge is 0.258 e. The van der Waals surface area contributed by atoms with Crippen molar-refractivity contribution in [1.82, 2.24) is 14.9 Å². The lowest BCUT2D eigenvalue weighted by Gasteiger charge is -2.40. The second-order valence-corrected chi connectivity index (χ2v) is 8.47. The maximum atomic E-state index is 13.8. The molecule has 3 aromatic rings. The number of carbonyl (C=O) groups is 1. The van der Waals surface area contributed by atoms with Gasteiger partial charge in [-0.1, -0.05) is 40.2 Å². The van der Waals surface area contributed by atoms with Crippen LogP contribution in [0.4, 0.5) is 0 Å². The van der Waals surface area contributed by atoms with E-state index in [4.69, 9.17) is 4.74 Å². The summed E-state index contributed by atoms with van der Waals surface area (Å²) in [4.78, 5) is 35.5.